The molecule has 0 spiro atoms. The summed E-state index contributed by atoms with van der Waals surface area (Å²) in [5, 5.41) is 4.72. The Hall–Kier alpha value is -4.32. The Bertz CT molecular complexity index is 1520. The molecule has 1 aliphatic carbocycles. The van der Waals surface area contributed by atoms with Crippen molar-refractivity contribution in [2.24, 2.45) is 0 Å². The highest BCUT2D eigenvalue weighted by Gasteiger charge is 2.39. The van der Waals surface area contributed by atoms with Crippen LogP contribution in [0.15, 0.2) is 78.5 Å². The number of ether oxygens (including phenoxy) is 3. The Morgan fingerprint density at radius 3 is 2.30 bits per heavy atom. The first-order valence-electron chi connectivity index (χ1n) is 12.4. The van der Waals surface area contributed by atoms with Gasteiger partial charge in [-0.15, -0.1) is 0 Å². The number of ketones is 1. The van der Waals surface area contributed by atoms with E-state index in [2.05, 4.69) is 34.6 Å². The highest BCUT2D eigenvalue weighted by Crippen LogP contribution is 2.52. The van der Waals surface area contributed by atoms with Gasteiger partial charge < -0.3 is 19.5 Å². The third kappa shape index (κ3) is 3.80. The van der Waals surface area contributed by atoms with Crippen molar-refractivity contribution in [2.45, 2.75) is 24.8 Å². The van der Waals surface area contributed by atoms with Crippen LogP contribution >= 0.6 is 0 Å². The van der Waals surface area contributed by atoms with Crippen LogP contribution in [0, 0.1) is 0 Å². The zero-order chi connectivity index (χ0) is 25.5. The van der Waals surface area contributed by atoms with E-state index in [0.29, 0.717) is 23.7 Å². The van der Waals surface area contributed by atoms with Gasteiger partial charge in [0.25, 0.3) is 0 Å². The quantitative estimate of drug-likeness (QED) is 0.351. The number of pyridine rings is 1. The minimum Gasteiger partial charge on any atom is -0.493 e. The van der Waals surface area contributed by atoms with Crippen LogP contribution in [0.4, 0.5) is 5.69 Å². The van der Waals surface area contributed by atoms with Crippen LogP contribution in [0.1, 0.15) is 41.5 Å². The van der Waals surface area contributed by atoms with Gasteiger partial charge in [0.2, 0.25) is 5.75 Å². The van der Waals surface area contributed by atoms with E-state index in [1.807, 2.05) is 42.5 Å². The number of allylic oxidation sites excluding steroid dienone is 1. The molecule has 2 heterocycles. The minimum atomic E-state index is -0.352. The lowest BCUT2D eigenvalue weighted by molar-refractivity contribution is -0.116. The smallest absolute Gasteiger partial charge is 0.203 e. The van der Waals surface area contributed by atoms with Crippen molar-refractivity contribution in [3.63, 3.8) is 0 Å². The van der Waals surface area contributed by atoms with Crippen molar-refractivity contribution in [2.75, 3.05) is 26.6 Å². The van der Waals surface area contributed by atoms with E-state index in [1.165, 1.54) is 5.56 Å². The highest BCUT2D eigenvalue weighted by atomic mass is 16.5. The van der Waals surface area contributed by atoms with Crippen LogP contribution in [0.3, 0.4) is 0 Å². The second-order valence-electron chi connectivity index (χ2n) is 9.43. The molecule has 4 aromatic rings. The second-order valence-corrected chi connectivity index (χ2v) is 9.43. The van der Waals surface area contributed by atoms with E-state index in [4.69, 9.17) is 14.2 Å². The molecule has 2 unspecified atom stereocenters. The number of nitrogens with zero attached hydrogens (tertiary/aromatic N) is 1. The maximum absolute atomic E-state index is 14.0. The molecule has 2 atom stereocenters. The van der Waals surface area contributed by atoms with Gasteiger partial charge >= 0.3 is 0 Å². The molecule has 0 amide bonds. The number of aromatic nitrogens is 1. The number of hydrogen-bond donors (Lipinski definition) is 1. The van der Waals surface area contributed by atoms with Crippen molar-refractivity contribution < 1.29 is 19.0 Å². The summed E-state index contributed by atoms with van der Waals surface area (Å²) in [6.07, 6.45) is 3.04. The Kier molecular flexibility index (Phi) is 5.80. The molecular weight excluding hydrogens is 464 g/mol. The summed E-state index contributed by atoms with van der Waals surface area (Å²) in [6, 6.07) is 22.0. The number of carbonyl (C=O) groups is 1. The number of Topliss-reactive ketones (excluding diaryl/α,β-unsaturated/α-hetero) is 1. The lowest BCUT2D eigenvalue weighted by Gasteiger charge is -2.37. The van der Waals surface area contributed by atoms with Crippen LogP contribution in [-0.2, 0) is 4.79 Å². The molecule has 37 heavy (non-hydrogen) atoms. The average Bonchev–Trinajstić information content (AvgIpc) is 2.95. The standard InChI is InChI=1S/C31H28N2O4/c1-35-26-16-20(17-27(36-2)31(26)37-3)30-29-22(14-19(15-25(29)34)18-8-5-4-6-9-18)28-21-10-7-13-32-23(21)11-12-24(28)33-30/h4-13,16-17,19,30,33H,14-15H2,1-3H3. The summed E-state index contributed by atoms with van der Waals surface area (Å²) in [7, 11) is 4.79. The van der Waals surface area contributed by atoms with Gasteiger partial charge in [-0.1, -0.05) is 36.4 Å². The summed E-state index contributed by atoms with van der Waals surface area (Å²) in [5.41, 5.74) is 6.91. The molecule has 6 nitrogen and oxygen atoms in total. The van der Waals surface area contributed by atoms with Gasteiger partial charge in [-0.2, -0.15) is 0 Å². The van der Waals surface area contributed by atoms with Gasteiger partial charge in [0.1, 0.15) is 0 Å². The molecule has 3 aromatic carbocycles. The van der Waals surface area contributed by atoms with Crippen molar-refractivity contribution in [1.82, 2.24) is 4.98 Å². The van der Waals surface area contributed by atoms with Gasteiger partial charge in [0.15, 0.2) is 17.3 Å². The fourth-order valence-corrected chi connectivity index (χ4v) is 5.81. The normalized spacial score (nSPS) is 18.6. The Morgan fingerprint density at radius 1 is 0.838 bits per heavy atom. The van der Waals surface area contributed by atoms with Crippen LogP contribution in [0.2, 0.25) is 0 Å². The van der Waals surface area contributed by atoms with Gasteiger partial charge in [-0.3, -0.25) is 9.78 Å². The van der Waals surface area contributed by atoms with Gasteiger partial charge in [-0.25, -0.2) is 0 Å². The number of rotatable bonds is 5. The van der Waals surface area contributed by atoms with Crippen molar-refractivity contribution in [3.8, 4) is 17.2 Å². The molecule has 0 saturated carbocycles. The zero-order valence-electron chi connectivity index (χ0n) is 21.1. The molecule has 6 rings (SSSR count). The molecule has 1 aliphatic heterocycles. The predicted octanol–water partition coefficient (Wildman–Crippen LogP) is 6.33. The van der Waals surface area contributed by atoms with Gasteiger partial charge in [-0.05, 0) is 59.4 Å². The third-order valence-electron chi connectivity index (χ3n) is 7.47. The number of fused-ring (bicyclic) bond motifs is 4. The molecule has 0 saturated heterocycles. The van der Waals surface area contributed by atoms with E-state index in [9.17, 15) is 4.79 Å². The van der Waals surface area contributed by atoms with E-state index in [-0.39, 0.29) is 17.7 Å². The lowest BCUT2D eigenvalue weighted by Crippen LogP contribution is -2.29. The van der Waals surface area contributed by atoms with Crippen molar-refractivity contribution in [1.29, 1.82) is 0 Å². The van der Waals surface area contributed by atoms with Gasteiger partial charge in [0, 0.05) is 34.8 Å². The summed E-state index contributed by atoms with van der Waals surface area (Å²) in [4.78, 5) is 18.6. The molecule has 1 N–H and O–H groups in total. The SMILES string of the molecule is COc1cc(C2Nc3ccc4ncccc4c3C3=C2C(=O)CC(c2ccccc2)C3)cc(OC)c1OC. The largest absolute Gasteiger partial charge is 0.493 e. The third-order valence-corrected chi connectivity index (χ3v) is 7.47. The molecule has 6 heteroatoms. The summed E-state index contributed by atoms with van der Waals surface area (Å²) < 4.78 is 16.8. The van der Waals surface area contributed by atoms with Crippen molar-refractivity contribution in [3.05, 3.63) is 95.2 Å². The topological polar surface area (TPSA) is 69.7 Å². The van der Waals surface area contributed by atoms with Crippen LogP contribution in [0.25, 0.3) is 16.5 Å². The van der Waals surface area contributed by atoms with Crippen LogP contribution in [0.5, 0.6) is 17.2 Å². The summed E-state index contributed by atoms with van der Waals surface area (Å²) >= 11 is 0. The molecule has 0 radical (unpaired) electrons. The molecule has 0 fully saturated rings. The molecule has 0 bridgehead atoms. The molecule has 2 aliphatic rings. The Morgan fingerprint density at radius 2 is 1.59 bits per heavy atom. The number of carbonyl (C=O) groups excluding carboxylic acids is 1. The monoisotopic (exact) mass is 492 g/mol. The average molecular weight is 493 g/mol. The van der Waals surface area contributed by atoms with Crippen LogP contribution in [-0.4, -0.2) is 32.1 Å². The first-order chi connectivity index (χ1) is 18.1. The maximum Gasteiger partial charge on any atom is 0.203 e. The van der Waals surface area contributed by atoms with E-state index < -0.39 is 0 Å². The first kappa shape index (κ1) is 23.1. The minimum absolute atomic E-state index is 0.117. The number of nitrogens with one attached hydrogen (secondary N) is 1. The Labute approximate surface area is 215 Å². The summed E-state index contributed by atoms with van der Waals surface area (Å²) in [6.45, 7) is 0. The Balaban J connectivity index is 1.58. The first-order valence-corrected chi connectivity index (χ1v) is 12.4. The van der Waals surface area contributed by atoms with E-state index in [1.54, 1.807) is 27.5 Å². The maximum atomic E-state index is 14.0. The lowest BCUT2D eigenvalue weighted by atomic mass is 9.71. The van der Waals surface area contributed by atoms with Gasteiger partial charge in [0.05, 0.1) is 32.9 Å². The van der Waals surface area contributed by atoms with E-state index in [0.717, 1.165) is 45.3 Å². The van der Waals surface area contributed by atoms with Crippen LogP contribution < -0.4 is 19.5 Å². The van der Waals surface area contributed by atoms with Crippen molar-refractivity contribution >= 4 is 27.9 Å². The highest BCUT2D eigenvalue weighted by molar-refractivity contribution is 6.12. The zero-order valence-corrected chi connectivity index (χ0v) is 21.1. The second kappa shape index (κ2) is 9.28. The fourth-order valence-electron chi connectivity index (χ4n) is 5.81. The number of methoxy groups -OCH3 is 3. The predicted molar refractivity (Wildman–Crippen MR) is 145 cm³/mol. The number of benzene rings is 3. The fraction of sp³-hybridized carbons (Fsp3) is 0.226. The number of anilines is 1. The molecular formula is C31H28N2O4. The number of hydrogen-bond acceptors (Lipinski definition) is 6. The molecule has 1 aromatic heterocycles. The van der Waals surface area contributed by atoms with E-state index >= 15 is 0 Å². The molecule has 186 valence electrons. The summed E-state index contributed by atoms with van der Waals surface area (Å²) in [5.74, 6) is 1.90.